The van der Waals surface area contributed by atoms with E-state index >= 15 is 0 Å². The Labute approximate surface area is 206 Å². The molecule has 6 nitrogen and oxygen atoms in total. The molecule has 2 atom stereocenters. The van der Waals surface area contributed by atoms with Crippen LogP contribution in [0.15, 0.2) is 48.5 Å². The van der Waals surface area contributed by atoms with E-state index in [4.69, 9.17) is 0 Å². The number of amides is 2. The summed E-state index contributed by atoms with van der Waals surface area (Å²) < 4.78 is 51.7. The number of hydrogen-bond acceptors (Lipinski definition) is 4. The second-order valence-corrected chi connectivity index (χ2v) is 9.51. The molecular formula is C26H29F4N3O3. The Morgan fingerprint density at radius 1 is 1.00 bits per heavy atom. The number of nitrogens with zero attached hydrogens (tertiary/aromatic N) is 1. The molecule has 0 spiro atoms. The molecule has 2 aliphatic rings. The van der Waals surface area contributed by atoms with E-state index in [1.807, 2.05) is 12.1 Å². The molecule has 1 saturated heterocycles. The summed E-state index contributed by atoms with van der Waals surface area (Å²) in [6.45, 7) is 0.481. The van der Waals surface area contributed by atoms with Gasteiger partial charge in [-0.15, -0.1) is 0 Å². The lowest BCUT2D eigenvalue weighted by molar-refractivity contribution is -0.137. The van der Waals surface area contributed by atoms with Crippen molar-refractivity contribution in [3.63, 3.8) is 0 Å². The summed E-state index contributed by atoms with van der Waals surface area (Å²) >= 11 is 0. The number of rotatable bonds is 6. The fourth-order valence-corrected chi connectivity index (χ4v) is 5.12. The number of aliphatic hydroxyl groups is 1. The average molecular weight is 508 g/mol. The van der Waals surface area contributed by atoms with Crippen LogP contribution in [0.4, 0.5) is 17.6 Å². The van der Waals surface area contributed by atoms with Crippen LogP contribution in [0.3, 0.4) is 0 Å². The molecule has 2 amide bonds. The van der Waals surface area contributed by atoms with Gasteiger partial charge in [0.05, 0.1) is 24.3 Å². The van der Waals surface area contributed by atoms with Crippen molar-refractivity contribution < 1.29 is 32.3 Å². The lowest BCUT2D eigenvalue weighted by atomic mass is 9.81. The van der Waals surface area contributed by atoms with Gasteiger partial charge in [-0.25, -0.2) is 4.39 Å². The quantitative estimate of drug-likeness (QED) is 0.524. The third kappa shape index (κ3) is 6.41. The first kappa shape index (κ1) is 26.1. The molecule has 0 aromatic heterocycles. The molecule has 10 heteroatoms. The van der Waals surface area contributed by atoms with Crippen molar-refractivity contribution in [1.29, 1.82) is 0 Å². The van der Waals surface area contributed by atoms with Crippen molar-refractivity contribution in [2.75, 3.05) is 19.6 Å². The zero-order valence-corrected chi connectivity index (χ0v) is 19.6. The minimum absolute atomic E-state index is 0.194. The number of benzene rings is 2. The van der Waals surface area contributed by atoms with Crippen LogP contribution in [0, 0.1) is 5.82 Å². The number of carbonyl (C=O) groups is 2. The highest BCUT2D eigenvalue weighted by Crippen LogP contribution is 2.36. The predicted molar refractivity (Wildman–Crippen MR) is 125 cm³/mol. The van der Waals surface area contributed by atoms with Gasteiger partial charge in [0, 0.05) is 24.7 Å². The van der Waals surface area contributed by atoms with Gasteiger partial charge in [0.1, 0.15) is 5.82 Å². The number of halogens is 4. The zero-order chi connectivity index (χ0) is 25.9. The molecule has 3 N–H and O–H groups in total. The summed E-state index contributed by atoms with van der Waals surface area (Å²) in [5.74, 6) is -1.18. The summed E-state index contributed by atoms with van der Waals surface area (Å²) in [4.78, 5) is 26.7. The molecule has 2 fully saturated rings. The number of alkyl halides is 3. The Hall–Kier alpha value is -2.98. The van der Waals surface area contributed by atoms with Crippen molar-refractivity contribution in [2.45, 2.75) is 56.0 Å². The monoisotopic (exact) mass is 507 g/mol. The summed E-state index contributed by atoms with van der Waals surface area (Å²) in [5.41, 5.74) is -0.00459. The first-order valence-electron chi connectivity index (χ1n) is 12.0. The summed E-state index contributed by atoms with van der Waals surface area (Å²) in [6.07, 6.45) is -1.55. The third-order valence-electron chi connectivity index (χ3n) is 7.08. The van der Waals surface area contributed by atoms with Crippen molar-refractivity contribution in [3.8, 4) is 0 Å². The molecule has 36 heavy (non-hydrogen) atoms. The fourth-order valence-electron chi connectivity index (χ4n) is 5.12. The zero-order valence-electron chi connectivity index (χ0n) is 19.6. The first-order valence-corrected chi connectivity index (χ1v) is 12.0. The highest BCUT2D eigenvalue weighted by atomic mass is 19.4. The second-order valence-electron chi connectivity index (χ2n) is 9.51. The molecule has 1 aliphatic heterocycles. The first-order chi connectivity index (χ1) is 17.1. The lowest BCUT2D eigenvalue weighted by Crippen LogP contribution is -2.47. The largest absolute Gasteiger partial charge is 0.416 e. The van der Waals surface area contributed by atoms with Gasteiger partial charge in [-0.1, -0.05) is 18.2 Å². The topological polar surface area (TPSA) is 81.7 Å². The van der Waals surface area contributed by atoms with Crippen molar-refractivity contribution in [2.24, 2.45) is 0 Å². The average Bonchev–Trinajstić information content (AvgIpc) is 3.22. The van der Waals surface area contributed by atoms with Crippen LogP contribution in [0.5, 0.6) is 0 Å². The highest BCUT2D eigenvalue weighted by Gasteiger charge is 2.37. The second kappa shape index (κ2) is 11.0. The van der Waals surface area contributed by atoms with E-state index in [9.17, 15) is 32.3 Å². The molecule has 2 aromatic rings. The summed E-state index contributed by atoms with van der Waals surface area (Å²) in [6, 6.07) is 10.4. The van der Waals surface area contributed by atoms with Gasteiger partial charge in [0.25, 0.3) is 5.91 Å². The Bertz CT molecular complexity index is 1070. The smallest absolute Gasteiger partial charge is 0.390 e. The molecule has 194 valence electrons. The van der Waals surface area contributed by atoms with Crippen LogP contribution >= 0.6 is 0 Å². The molecule has 0 radical (unpaired) electrons. The predicted octanol–water partition coefficient (Wildman–Crippen LogP) is 3.46. The van der Waals surface area contributed by atoms with Crippen LogP contribution in [-0.2, 0) is 11.0 Å². The van der Waals surface area contributed by atoms with Gasteiger partial charge in [-0.2, -0.15) is 13.2 Å². The molecule has 2 aromatic carbocycles. The third-order valence-corrected chi connectivity index (χ3v) is 7.08. The van der Waals surface area contributed by atoms with E-state index in [0.29, 0.717) is 19.0 Å². The van der Waals surface area contributed by atoms with Crippen molar-refractivity contribution >= 4 is 11.8 Å². The maximum Gasteiger partial charge on any atom is 0.416 e. The standard InChI is InChI=1S/C26H29F4N3O3/c27-20-8-4-16(5-9-20)17-6-10-21(11-7-17)33-14-22(23(34)15-33)32-24(35)13-31-25(36)18-2-1-3-19(12-18)26(28,29)30/h1-5,8-9,12,17,21-23,34H,6-7,10-11,13-15H2,(H,31,36)(H,32,35). The number of β-amino-alcohol motifs (C(OH)–C–C–N with tert-alkyl or cyclic N) is 1. The number of likely N-dealkylation sites (tertiary alicyclic amines) is 1. The normalized spacial score (nSPS) is 24.9. The van der Waals surface area contributed by atoms with Crippen LogP contribution in [0.2, 0.25) is 0 Å². The molecule has 1 aliphatic carbocycles. The summed E-state index contributed by atoms with van der Waals surface area (Å²) in [5, 5.41) is 15.5. The van der Waals surface area contributed by atoms with Gasteiger partial charge < -0.3 is 15.7 Å². The lowest BCUT2D eigenvalue weighted by Gasteiger charge is -2.34. The van der Waals surface area contributed by atoms with Crippen LogP contribution < -0.4 is 10.6 Å². The van der Waals surface area contributed by atoms with E-state index in [-0.39, 0.29) is 17.4 Å². The van der Waals surface area contributed by atoms with E-state index in [0.717, 1.165) is 49.4 Å². The Morgan fingerprint density at radius 2 is 1.69 bits per heavy atom. The molecular weight excluding hydrogens is 478 g/mol. The fraction of sp³-hybridized carbons (Fsp3) is 0.462. The Kier molecular flexibility index (Phi) is 7.94. The minimum Gasteiger partial charge on any atom is -0.390 e. The van der Waals surface area contributed by atoms with E-state index in [1.54, 1.807) is 0 Å². The van der Waals surface area contributed by atoms with Crippen molar-refractivity contribution in [1.82, 2.24) is 15.5 Å². The molecule has 1 heterocycles. The Balaban J connectivity index is 1.23. The van der Waals surface area contributed by atoms with Crippen LogP contribution in [-0.4, -0.2) is 59.6 Å². The van der Waals surface area contributed by atoms with Gasteiger partial charge in [-0.05, 0) is 67.5 Å². The Morgan fingerprint density at radius 3 is 2.36 bits per heavy atom. The number of aliphatic hydroxyl groups excluding tert-OH is 1. The van der Waals surface area contributed by atoms with Crippen molar-refractivity contribution in [3.05, 3.63) is 71.0 Å². The SMILES string of the molecule is O=C(CNC(=O)c1cccc(C(F)(F)F)c1)NC1CN(C2CCC(c3ccc(F)cc3)CC2)CC1O. The van der Waals surface area contributed by atoms with Crippen LogP contribution in [0.25, 0.3) is 0 Å². The number of carbonyl (C=O) groups excluding carboxylic acids is 2. The molecule has 4 rings (SSSR count). The molecule has 0 bridgehead atoms. The highest BCUT2D eigenvalue weighted by molar-refractivity contribution is 5.96. The van der Waals surface area contributed by atoms with E-state index in [1.165, 1.54) is 18.2 Å². The maximum absolute atomic E-state index is 13.2. The maximum atomic E-state index is 13.2. The number of nitrogens with one attached hydrogen (secondary N) is 2. The van der Waals surface area contributed by atoms with Gasteiger partial charge >= 0.3 is 6.18 Å². The summed E-state index contributed by atoms with van der Waals surface area (Å²) in [7, 11) is 0. The van der Waals surface area contributed by atoms with E-state index < -0.39 is 42.2 Å². The molecule has 1 saturated carbocycles. The van der Waals surface area contributed by atoms with E-state index in [2.05, 4.69) is 15.5 Å². The minimum atomic E-state index is -4.57. The van der Waals surface area contributed by atoms with Crippen LogP contribution in [0.1, 0.15) is 53.1 Å². The van der Waals surface area contributed by atoms with Gasteiger partial charge in [0.15, 0.2) is 0 Å². The molecule has 2 unspecified atom stereocenters. The van der Waals surface area contributed by atoms with Gasteiger partial charge in [-0.3, -0.25) is 14.5 Å². The number of hydrogen-bond donors (Lipinski definition) is 3. The van der Waals surface area contributed by atoms with Gasteiger partial charge in [0.2, 0.25) is 5.91 Å².